The van der Waals surface area contributed by atoms with Crippen molar-refractivity contribution in [1.82, 2.24) is 19.7 Å². The predicted molar refractivity (Wildman–Crippen MR) is 111 cm³/mol. The van der Waals surface area contributed by atoms with Crippen LogP contribution in [0.15, 0.2) is 48.7 Å². The number of carbonyl (C=O) groups is 1. The Kier molecular flexibility index (Phi) is 6.36. The van der Waals surface area contributed by atoms with Crippen LogP contribution in [0.2, 0.25) is 0 Å². The Morgan fingerprint density at radius 3 is 2.21 bits per heavy atom. The van der Waals surface area contributed by atoms with E-state index in [1.165, 1.54) is 12.1 Å². The molecule has 1 aromatic carbocycles. The molecule has 1 amide bonds. The molecule has 4 rings (SSSR count). The number of halogens is 1. The van der Waals surface area contributed by atoms with Gasteiger partial charge in [0, 0.05) is 70.8 Å². The van der Waals surface area contributed by atoms with Crippen molar-refractivity contribution in [3.05, 3.63) is 60.2 Å². The fraction of sp³-hybridized carbons (Fsp3) is 0.455. The Morgan fingerprint density at radius 1 is 0.862 bits per heavy atom. The van der Waals surface area contributed by atoms with Crippen molar-refractivity contribution >= 4 is 11.6 Å². The normalized spacial score (nSPS) is 18.8. The molecule has 0 radical (unpaired) electrons. The van der Waals surface area contributed by atoms with Crippen molar-refractivity contribution in [3.8, 4) is 0 Å². The van der Waals surface area contributed by atoms with E-state index in [-0.39, 0.29) is 11.7 Å². The highest BCUT2D eigenvalue weighted by molar-refractivity contribution is 5.78. The van der Waals surface area contributed by atoms with Crippen molar-refractivity contribution in [1.29, 1.82) is 0 Å². The SMILES string of the molecule is O=C(CN1CCN(Cc2ccccn2)CC1)N1CCN(c2ccc(F)cc2)CC1. The van der Waals surface area contributed by atoms with Gasteiger partial charge >= 0.3 is 0 Å². The highest BCUT2D eigenvalue weighted by Gasteiger charge is 2.25. The molecule has 2 saturated heterocycles. The third-order valence-electron chi connectivity index (χ3n) is 5.76. The van der Waals surface area contributed by atoms with E-state index < -0.39 is 0 Å². The van der Waals surface area contributed by atoms with E-state index in [0.29, 0.717) is 6.54 Å². The number of benzene rings is 1. The first-order chi connectivity index (χ1) is 14.2. The van der Waals surface area contributed by atoms with Gasteiger partial charge in [-0.3, -0.25) is 19.6 Å². The van der Waals surface area contributed by atoms with E-state index >= 15 is 0 Å². The third kappa shape index (κ3) is 5.31. The van der Waals surface area contributed by atoms with Crippen LogP contribution in [0.3, 0.4) is 0 Å². The first kappa shape index (κ1) is 19.8. The second-order valence-electron chi connectivity index (χ2n) is 7.72. The minimum atomic E-state index is -0.220. The van der Waals surface area contributed by atoms with E-state index in [4.69, 9.17) is 0 Å². The number of pyridine rings is 1. The molecule has 0 aliphatic carbocycles. The van der Waals surface area contributed by atoms with Gasteiger partial charge in [-0.2, -0.15) is 0 Å². The van der Waals surface area contributed by atoms with Crippen LogP contribution < -0.4 is 4.90 Å². The topological polar surface area (TPSA) is 42.9 Å². The molecule has 2 aromatic rings. The molecule has 2 aliphatic rings. The Balaban J connectivity index is 1.19. The number of piperazine rings is 2. The summed E-state index contributed by atoms with van der Waals surface area (Å²) in [6.07, 6.45) is 1.83. The maximum Gasteiger partial charge on any atom is 0.236 e. The maximum atomic E-state index is 13.1. The minimum absolute atomic E-state index is 0.210. The van der Waals surface area contributed by atoms with Gasteiger partial charge in [0.05, 0.1) is 12.2 Å². The third-order valence-corrected chi connectivity index (χ3v) is 5.76. The van der Waals surface area contributed by atoms with Gasteiger partial charge < -0.3 is 9.80 Å². The monoisotopic (exact) mass is 397 g/mol. The van der Waals surface area contributed by atoms with Crippen LogP contribution in [0.4, 0.5) is 10.1 Å². The van der Waals surface area contributed by atoms with Gasteiger partial charge in [0.25, 0.3) is 0 Å². The molecular formula is C22H28FN5O. The number of rotatable bonds is 5. The molecule has 0 saturated carbocycles. The van der Waals surface area contributed by atoms with E-state index in [1.807, 2.05) is 23.2 Å². The molecule has 6 nitrogen and oxygen atoms in total. The first-order valence-electron chi connectivity index (χ1n) is 10.3. The Bertz CT molecular complexity index is 785. The fourth-order valence-electron chi connectivity index (χ4n) is 3.98. The molecule has 0 unspecified atom stereocenters. The lowest BCUT2D eigenvalue weighted by Gasteiger charge is -2.38. The average molecular weight is 397 g/mol. The molecule has 0 N–H and O–H groups in total. The van der Waals surface area contributed by atoms with Gasteiger partial charge in [-0.25, -0.2) is 4.39 Å². The number of amides is 1. The Hall–Kier alpha value is -2.51. The van der Waals surface area contributed by atoms with Crippen molar-refractivity contribution in [2.24, 2.45) is 0 Å². The lowest BCUT2D eigenvalue weighted by molar-refractivity contribution is -0.133. The average Bonchev–Trinajstić information content (AvgIpc) is 2.76. The fourth-order valence-corrected chi connectivity index (χ4v) is 3.98. The number of hydrogen-bond acceptors (Lipinski definition) is 5. The first-order valence-corrected chi connectivity index (χ1v) is 10.3. The molecule has 1 aromatic heterocycles. The van der Waals surface area contributed by atoms with Crippen LogP contribution in [0.5, 0.6) is 0 Å². The van der Waals surface area contributed by atoms with Gasteiger partial charge in [0.15, 0.2) is 0 Å². The summed E-state index contributed by atoms with van der Waals surface area (Å²) in [5.41, 5.74) is 2.11. The second kappa shape index (κ2) is 9.33. The molecule has 0 atom stereocenters. The van der Waals surface area contributed by atoms with Gasteiger partial charge in [0.1, 0.15) is 5.82 Å². The lowest BCUT2D eigenvalue weighted by atomic mass is 10.2. The zero-order valence-electron chi connectivity index (χ0n) is 16.7. The summed E-state index contributed by atoms with van der Waals surface area (Å²) in [7, 11) is 0. The van der Waals surface area contributed by atoms with Gasteiger partial charge in [-0.1, -0.05) is 6.07 Å². The zero-order valence-corrected chi connectivity index (χ0v) is 16.7. The summed E-state index contributed by atoms with van der Waals surface area (Å²) in [6, 6.07) is 12.6. The molecule has 0 spiro atoms. The van der Waals surface area contributed by atoms with Gasteiger partial charge in [-0.05, 0) is 36.4 Å². The van der Waals surface area contributed by atoms with Crippen LogP contribution in [-0.2, 0) is 11.3 Å². The summed E-state index contributed by atoms with van der Waals surface area (Å²) in [5.74, 6) is -0.00961. The number of carbonyl (C=O) groups excluding carboxylic acids is 1. The Morgan fingerprint density at radius 2 is 1.55 bits per heavy atom. The molecule has 154 valence electrons. The van der Waals surface area contributed by atoms with Crippen LogP contribution in [0.25, 0.3) is 0 Å². The van der Waals surface area contributed by atoms with E-state index in [1.54, 1.807) is 12.1 Å². The second-order valence-corrected chi connectivity index (χ2v) is 7.72. The van der Waals surface area contributed by atoms with Crippen LogP contribution in [0.1, 0.15) is 5.69 Å². The summed E-state index contributed by atoms with van der Waals surface area (Å²) in [4.78, 5) is 25.9. The Labute approximate surface area is 171 Å². The summed E-state index contributed by atoms with van der Waals surface area (Å²) in [6.45, 7) is 8.12. The zero-order chi connectivity index (χ0) is 20.1. The summed E-state index contributed by atoms with van der Waals surface area (Å²) < 4.78 is 13.1. The van der Waals surface area contributed by atoms with E-state index in [0.717, 1.165) is 70.3 Å². The highest BCUT2D eigenvalue weighted by atomic mass is 19.1. The standard InChI is InChI=1S/C22H28FN5O/c23-19-4-6-21(7-5-19)27-13-15-28(16-14-27)22(29)18-26-11-9-25(10-12-26)17-20-3-1-2-8-24-20/h1-8H,9-18H2. The number of anilines is 1. The smallest absolute Gasteiger partial charge is 0.236 e. The largest absolute Gasteiger partial charge is 0.368 e. The van der Waals surface area contributed by atoms with Crippen LogP contribution >= 0.6 is 0 Å². The van der Waals surface area contributed by atoms with Crippen molar-refractivity contribution < 1.29 is 9.18 Å². The van der Waals surface area contributed by atoms with Gasteiger partial charge in [0.2, 0.25) is 5.91 Å². The maximum absolute atomic E-state index is 13.1. The number of hydrogen-bond donors (Lipinski definition) is 0. The quantitative estimate of drug-likeness (QED) is 0.768. The molecular weight excluding hydrogens is 369 g/mol. The lowest BCUT2D eigenvalue weighted by Crippen LogP contribution is -2.53. The van der Waals surface area contributed by atoms with E-state index in [2.05, 4.69) is 25.8 Å². The van der Waals surface area contributed by atoms with E-state index in [9.17, 15) is 9.18 Å². The molecule has 29 heavy (non-hydrogen) atoms. The molecule has 2 aliphatic heterocycles. The predicted octanol–water partition coefficient (Wildman–Crippen LogP) is 1.69. The molecule has 3 heterocycles. The number of aromatic nitrogens is 1. The summed E-state index contributed by atoms with van der Waals surface area (Å²) >= 11 is 0. The van der Waals surface area contributed by atoms with Gasteiger partial charge in [-0.15, -0.1) is 0 Å². The van der Waals surface area contributed by atoms with Crippen molar-refractivity contribution in [2.45, 2.75) is 6.54 Å². The summed E-state index contributed by atoms with van der Waals surface area (Å²) in [5, 5.41) is 0. The molecule has 0 bridgehead atoms. The van der Waals surface area contributed by atoms with Crippen LogP contribution in [0, 0.1) is 5.82 Å². The molecule has 7 heteroatoms. The number of nitrogens with zero attached hydrogens (tertiary/aromatic N) is 5. The highest BCUT2D eigenvalue weighted by Crippen LogP contribution is 2.17. The minimum Gasteiger partial charge on any atom is -0.368 e. The van der Waals surface area contributed by atoms with Crippen molar-refractivity contribution in [3.63, 3.8) is 0 Å². The van der Waals surface area contributed by atoms with Crippen molar-refractivity contribution in [2.75, 3.05) is 63.8 Å². The molecule has 2 fully saturated rings. The van der Waals surface area contributed by atoms with Crippen LogP contribution in [-0.4, -0.2) is 84.5 Å².